The monoisotopic (exact) mass is 693 g/mol. The molecular weight excluding hydrogens is 665 g/mol. The number of hydrogen-bond acceptors (Lipinski definition) is 1. The zero-order chi connectivity index (χ0) is 35.9. The van der Waals surface area contributed by atoms with E-state index >= 15 is 0 Å². The molecule has 250 valence electrons. The van der Waals surface area contributed by atoms with E-state index in [1.807, 2.05) is 0 Å². The van der Waals surface area contributed by atoms with Crippen LogP contribution in [0.2, 0.25) is 0 Å². The molecule has 13 rings (SSSR count). The fourth-order valence-electron chi connectivity index (χ4n) is 10.5. The second-order valence-electron chi connectivity index (χ2n) is 15.1. The van der Waals surface area contributed by atoms with Gasteiger partial charge in [-0.3, -0.25) is 0 Å². The van der Waals surface area contributed by atoms with Gasteiger partial charge in [0.1, 0.15) is 0 Å². The lowest BCUT2D eigenvalue weighted by Crippen LogP contribution is -2.57. The quantitative estimate of drug-likeness (QED) is 0.166. The van der Waals surface area contributed by atoms with Crippen molar-refractivity contribution in [2.24, 2.45) is 0 Å². The van der Waals surface area contributed by atoms with Crippen molar-refractivity contribution in [1.82, 2.24) is 9.13 Å². The lowest BCUT2D eigenvalue weighted by Gasteiger charge is -2.34. The maximum absolute atomic E-state index is 10.5. The molecule has 2 aromatic heterocycles. The Kier molecular flexibility index (Phi) is 5.52. The van der Waals surface area contributed by atoms with Gasteiger partial charge in [-0.2, -0.15) is 5.26 Å². The lowest BCUT2D eigenvalue weighted by molar-refractivity contribution is 1.19. The van der Waals surface area contributed by atoms with Gasteiger partial charge in [0, 0.05) is 43.7 Å². The molecule has 0 amide bonds. The van der Waals surface area contributed by atoms with Crippen molar-refractivity contribution in [2.45, 2.75) is 0 Å². The summed E-state index contributed by atoms with van der Waals surface area (Å²) in [5.41, 5.74) is 16.5. The molecule has 2 aliphatic rings. The Hall–Kier alpha value is -7.35. The van der Waals surface area contributed by atoms with Crippen LogP contribution >= 0.6 is 0 Å². The average Bonchev–Trinajstić information content (AvgIpc) is 3.77. The molecule has 11 aromatic rings. The number of aromatic nitrogens is 2. The maximum Gasteiger partial charge on any atom is 0.244 e. The highest BCUT2D eigenvalue weighted by Crippen LogP contribution is 2.45. The molecule has 4 heterocycles. The Morgan fingerprint density at radius 2 is 0.836 bits per heavy atom. The first kappa shape index (κ1) is 29.1. The van der Waals surface area contributed by atoms with Gasteiger partial charge in [-0.25, -0.2) is 0 Å². The minimum Gasteiger partial charge on any atom is -0.309 e. The Morgan fingerprint density at radius 1 is 0.400 bits per heavy atom. The zero-order valence-electron chi connectivity index (χ0n) is 29.6. The predicted molar refractivity (Wildman–Crippen MR) is 230 cm³/mol. The number of nitriles is 1. The summed E-state index contributed by atoms with van der Waals surface area (Å²) in [6, 6.07) is 64.6. The van der Waals surface area contributed by atoms with Crippen LogP contribution in [0.4, 0.5) is 0 Å². The lowest BCUT2D eigenvalue weighted by atomic mass is 9.31. The number of nitrogens with zero attached hydrogens (tertiary/aromatic N) is 3. The number of benzene rings is 9. The van der Waals surface area contributed by atoms with E-state index in [2.05, 4.69) is 185 Å². The molecule has 0 saturated heterocycles. The van der Waals surface area contributed by atoms with Gasteiger partial charge in [0.2, 0.25) is 6.71 Å². The van der Waals surface area contributed by atoms with Gasteiger partial charge < -0.3 is 9.13 Å². The average molecular weight is 694 g/mol. The second kappa shape index (κ2) is 10.4. The molecule has 0 unspecified atom stereocenters. The second-order valence-corrected chi connectivity index (χ2v) is 15.1. The Labute approximate surface area is 316 Å². The van der Waals surface area contributed by atoms with Gasteiger partial charge in [-0.15, -0.1) is 0 Å². The van der Waals surface area contributed by atoms with E-state index in [1.54, 1.807) is 0 Å². The molecule has 3 nitrogen and oxygen atoms in total. The van der Waals surface area contributed by atoms with Crippen molar-refractivity contribution in [3.8, 4) is 39.7 Å². The molecule has 0 spiro atoms. The van der Waals surface area contributed by atoms with Gasteiger partial charge >= 0.3 is 0 Å². The van der Waals surface area contributed by atoms with E-state index in [0.717, 1.165) is 22.5 Å². The van der Waals surface area contributed by atoms with Crippen molar-refractivity contribution < 1.29 is 0 Å². The number of hydrogen-bond donors (Lipinski definition) is 0. The van der Waals surface area contributed by atoms with Crippen molar-refractivity contribution >= 4 is 88.3 Å². The van der Waals surface area contributed by atoms with Crippen molar-refractivity contribution in [3.63, 3.8) is 0 Å². The van der Waals surface area contributed by atoms with Crippen molar-refractivity contribution in [1.29, 1.82) is 5.26 Å². The Balaban J connectivity index is 1.25. The summed E-state index contributed by atoms with van der Waals surface area (Å²) in [6.07, 6.45) is 0. The zero-order valence-corrected chi connectivity index (χ0v) is 29.6. The summed E-state index contributed by atoms with van der Waals surface area (Å²) in [4.78, 5) is 0. The van der Waals surface area contributed by atoms with Crippen LogP contribution < -0.4 is 16.4 Å². The summed E-state index contributed by atoms with van der Waals surface area (Å²) in [5, 5.41) is 20.6. The largest absolute Gasteiger partial charge is 0.309 e. The molecule has 4 heteroatoms. The molecule has 9 aromatic carbocycles. The van der Waals surface area contributed by atoms with E-state index in [9.17, 15) is 5.26 Å². The molecule has 0 fully saturated rings. The summed E-state index contributed by atoms with van der Waals surface area (Å²) in [5.74, 6) is 0. The van der Waals surface area contributed by atoms with E-state index in [-0.39, 0.29) is 6.71 Å². The van der Waals surface area contributed by atoms with Crippen LogP contribution in [-0.2, 0) is 0 Å². The molecule has 55 heavy (non-hydrogen) atoms. The minimum absolute atomic E-state index is 0.0287. The van der Waals surface area contributed by atoms with Gasteiger partial charge in [-0.1, -0.05) is 138 Å². The van der Waals surface area contributed by atoms with Crippen LogP contribution in [0, 0.1) is 11.3 Å². The number of rotatable bonds is 2. The van der Waals surface area contributed by atoms with Crippen molar-refractivity contribution in [3.05, 3.63) is 175 Å². The molecule has 0 atom stereocenters. The van der Waals surface area contributed by atoms with Crippen LogP contribution in [0.25, 0.3) is 98.8 Å². The van der Waals surface area contributed by atoms with E-state index in [1.165, 1.54) is 92.7 Å². The first-order chi connectivity index (χ1) is 27.3. The van der Waals surface area contributed by atoms with Crippen LogP contribution in [0.15, 0.2) is 170 Å². The fourth-order valence-corrected chi connectivity index (χ4v) is 10.5. The third kappa shape index (κ3) is 3.60. The smallest absolute Gasteiger partial charge is 0.244 e. The third-order valence-corrected chi connectivity index (χ3v) is 12.5. The molecule has 0 aliphatic carbocycles. The molecule has 2 aliphatic heterocycles. The van der Waals surface area contributed by atoms with Crippen LogP contribution in [-0.4, -0.2) is 15.8 Å². The van der Waals surface area contributed by atoms with E-state index in [0.29, 0.717) is 5.56 Å². The van der Waals surface area contributed by atoms with Gasteiger partial charge in [0.15, 0.2) is 0 Å². The van der Waals surface area contributed by atoms with Crippen molar-refractivity contribution in [2.75, 3.05) is 0 Å². The molecule has 0 bridgehead atoms. The first-order valence-electron chi connectivity index (χ1n) is 19.0. The molecule has 0 saturated carbocycles. The van der Waals surface area contributed by atoms with Crippen LogP contribution in [0.5, 0.6) is 0 Å². The summed E-state index contributed by atoms with van der Waals surface area (Å²) in [7, 11) is 0. The summed E-state index contributed by atoms with van der Waals surface area (Å²) < 4.78 is 4.89. The van der Waals surface area contributed by atoms with E-state index < -0.39 is 0 Å². The summed E-state index contributed by atoms with van der Waals surface area (Å²) in [6.45, 7) is -0.0287. The Morgan fingerprint density at radius 3 is 1.31 bits per heavy atom. The van der Waals surface area contributed by atoms with E-state index in [4.69, 9.17) is 0 Å². The highest BCUT2D eigenvalue weighted by Gasteiger charge is 2.40. The number of para-hydroxylation sites is 4. The Bertz CT molecular complexity index is 3320. The van der Waals surface area contributed by atoms with Gasteiger partial charge in [-0.05, 0) is 81.6 Å². The number of fused-ring (bicyclic) bond motifs is 12. The predicted octanol–water partition coefficient (Wildman–Crippen LogP) is 10.5. The fraction of sp³-hybridized carbons (Fsp3) is 0. The van der Waals surface area contributed by atoms with Crippen LogP contribution in [0.1, 0.15) is 5.56 Å². The van der Waals surface area contributed by atoms with Gasteiger partial charge in [0.05, 0.1) is 33.7 Å². The highest BCUT2D eigenvalue weighted by atomic mass is 15.0. The molecule has 0 radical (unpaired) electrons. The summed E-state index contributed by atoms with van der Waals surface area (Å²) >= 11 is 0. The topological polar surface area (TPSA) is 33.6 Å². The SMILES string of the molecule is N#Cc1cc2c3c(c1)-c1cccc4c1c(cc1c5ccccc5n(-c5ccccc5)c41)B3c1cc3c4ccccc4n(-c4ccccc4)c3c3cccc-2c13. The maximum atomic E-state index is 10.5. The minimum atomic E-state index is -0.0287. The molecule has 0 N–H and O–H groups in total. The van der Waals surface area contributed by atoms with Crippen LogP contribution in [0.3, 0.4) is 0 Å². The first-order valence-corrected chi connectivity index (χ1v) is 19.0. The highest BCUT2D eigenvalue weighted by molar-refractivity contribution is 7.01. The third-order valence-electron chi connectivity index (χ3n) is 12.5. The standard InChI is InChI=1S/C51H28BN3/c53-29-30-25-39-35-19-11-21-37-47(35)43(27-41-33-17-7-9-23-45(33)54(50(37)41)31-13-3-1-4-14-31)52-44-28-42-34-18-8-10-24-46(34)55(32-15-5-2-6-16-32)51(42)38-22-12-20-36(48(38)44)40(26-30)49(39)52/h1-28H. The van der Waals surface area contributed by atoms with Gasteiger partial charge in [0.25, 0.3) is 0 Å². The normalized spacial score (nSPS) is 12.7. The molecular formula is C51H28BN3.